The van der Waals surface area contributed by atoms with E-state index in [1.54, 1.807) is 51.4 Å². The molecule has 1 aliphatic carbocycles. The highest BCUT2D eigenvalue weighted by Gasteiger charge is 2.36. The first-order chi connectivity index (χ1) is 25.7. The third kappa shape index (κ3) is 9.64. The van der Waals surface area contributed by atoms with E-state index >= 15 is 0 Å². The normalized spacial score (nSPS) is 16.5. The molecular weight excluding hydrogens is 728 g/mol. The number of likely N-dealkylation sites (N-methyl/N-ethyl adjacent to an activating group) is 1. The standard InChI is InChI=1S/C37H48F3N6O7P/c1-7-52-54(49,53-8-2)22-23-9-15-29(31(19-23)50-6)43-36-41-20-28(37(38,39)40)33(44-36)42-30-16-14-26(27-21-46(5)34(47)32(27)30)24-10-12-25(13-11-24)35(48)51-18-17-45(3)4/h9,14-16,19-21,24-25,47H,7-8,10-13,17-18,22H2,1-6H3,(H2,41,42,43,44). The van der Waals surface area contributed by atoms with Crippen molar-refractivity contribution >= 4 is 47.5 Å². The predicted octanol–water partition coefficient (Wildman–Crippen LogP) is 8.33. The van der Waals surface area contributed by atoms with Gasteiger partial charge in [0.2, 0.25) is 11.8 Å². The van der Waals surface area contributed by atoms with Crippen LogP contribution in [-0.2, 0) is 42.5 Å². The molecule has 0 bridgehead atoms. The van der Waals surface area contributed by atoms with E-state index in [-0.39, 0.29) is 54.7 Å². The number of ether oxygens (including phenoxy) is 2. The molecule has 0 radical (unpaired) electrons. The van der Waals surface area contributed by atoms with Gasteiger partial charge < -0.3 is 43.7 Å². The monoisotopic (exact) mass is 776 g/mol. The Labute approximate surface area is 312 Å². The van der Waals surface area contributed by atoms with Crippen molar-refractivity contribution in [3.8, 4) is 11.6 Å². The molecule has 13 nitrogen and oxygen atoms in total. The van der Waals surface area contributed by atoms with Gasteiger partial charge in [0.25, 0.3) is 0 Å². The maximum atomic E-state index is 14.3. The van der Waals surface area contributed by atoms with Gasteiger partial charge >= 0.3 is 19.7 Å². The predicted molar refractivity (Wildman–Crippen MR) is 200 cm³/mol. The van der Waals surface area contributed by atoms with Crippen molar-refractivity contribution in [3.05, 3.63) is 59.4 Å². The molecule has 54 heavy (non-hydrogen) atoms. The van der Waals surface area contributed by atoms with Crippen LogP contribution in [0.5, 0.6) is 11.6 Å². The number of hydrogen-bond donors (Lipinski definition) is 3. The van der Waals surface area contributed by atoms with Crippen molar-refractivity contribution in [2.24, 2.45) is 13.0 Å². The van der Waals surface area contributed by atoms with Gasteiger partial charge in [-0.1, -0.05) is 12.1 Å². The van der Waals surface area contributed by atoms with Gasteiger partial charge in [0, 0.05) is 31.4 Å². The van der Waals surface area contributed by atoms with E-state index in [4.69, 9.17) is 18.5 Å². The average Bonchev–Trinajstić information content (AvgIpc) is 3.42. The summed E-state index contributed by atoms with van der Waals surface area (Å²) in [6.07, 6.45) is 0.335. The summed E-state index contributed by atoms with van der Waals surface area (Å²) in [5.74, 6) is -0.838. The molecule has 17 heteroatoms. The maximum Gasteiger partial charge on any atom is 0.421 e. The van der Waals surface area contributed by atoms with E-state index in [9.17, 15) is 27.6 Å². The van der Waals surface area contributed by atoms with Crippen molar-refractivity contribution in [2.45, 2.75) is 57.8 Å². The minimum atomic E-state index is -4.81. The Hall–Kier alpha value is -4.37. The number of alkyl halides is 3. The molecule has 0 saturated heterocycles. The second kappa shape index (κ2) is 17.4. The zero-order valence-corrected chi connectivity index (χ0v) is 32.2. The molecule has 1 aliphatic rings. The number of halogens is 3. The molecule has 0 amide bonds. The number of rotatable bonds is 16. The Balaban J connectivity index is 1.40. The fourth-order valence-electron chi connectivity index (χ4n) is 6.67. The average molecular weight is 777 g/mol. The number of fused-ring (bicyclic) bond motifs is 1. The van der Waals surface area contributed by atoms with Crippen LogP contribution in [0.15, 0.2) is 42.7 Å². The fourth-order valence-corrected chi connectivity index (χ4v) is 8.36. The molecule has 294 valence electrons. The quantitative estimate of drug-likeness (QED) is 0.0742. The Morgan fingerprint density at radius 2 is 1.74 bits per heavy atom. The van der Waals surface area contributed by atoms with Crippen LogP contribution in [-0.4, -0.2) is 78.1 Å². The topological polar surface area (TPSA) is 149 Å². The number of aromatic hydroxyl groups is 1. The van der Waals surface area contributed by atoms with Gasteiger partial charge in [0.05, 0.1) is 49.2 Å². The van der Waals surface area contributed by atoms with Gasteiger partial charge in [0.15, 0.2) is 0 Å². The molecule has 5 rings (SSSR count). The molecule has 2 aromatic carbocycles. The van der Waals surface area contributed by atoms with Gasteiger partial charge in [-0.15, -0.1) is 0 Å². The lowest BCUT2D eigenvalue weighted by molar-refractivity contribution is -0.150. The molecule has 0 unspecified atom stereocenters. The number of anilines is 4. The fraction of sp³-hybridized carbons (Fsp3) is 0.486. The zero-order valence-electron chi connectivity index (χ0n) is 31.3. The molecule has 3 N–H and O–H groups in total. The van der Waals surface area contributed by atoms with Crippen LogP contribution in [0.2, 0.25) is 0 Å². The third-order valence-electron chi connectivity index (χ3n) is 9.33. The lowest BCUT2D eigenvalue weighted by Crippen LogP contribution is -2.26. The first kappa shape index (κ1) is 40.8. The van der Waals surface area contributed by atoms with Crippen molar-refractivity contribution in [1.29, 1.82) is 0 Å². The van der Waals surface area contributed by atoms with Gasteiger partial charge in [-0.25, -0.2) is 4.98 Å². The van der Waals surface area contributed by atoms with Gasteiger partial charge in [-0.2, -0.15) is 18.2 Å². The van der Waals surface area contributed by atoms with E-state index in [1.165, 1.54) is 11.7 Å². The molecule has 2 heterocycles. The molecular formula is C37H48F3N6O7P. The van der Waals surface area contributed by atoms with Gasteiger partial charge in [-0.3, -0.25) is 9.36 Å². The summed E-state index contributed by atoms with van der Waals surface area (Å²) in [5, 5.41) is 17.9. The lowest BCUT2D eigenvalue weighted by atomic mass is 9.77. The van der Waals surface area contributed by atoms with Crippen LogP contribution in [0, 0.1) is 5.92 Å². The summed E-state index contributed by atoms with van der Waals surface area (Å²) in [6, 6.07) is 8.38. The Bertz CT molecular complexity index is 1970. The van der Waals surface area contributed by atoms with Crippen LogP contribution in [0.25, 0.3) is 10.8 Å². The summed E-state index contributed by atoms with van der Waals surface area (Å²) < 4.78 is 79.4. The largest absolute Gasteiger partial charge is 0.495 e. The van der Waals surface area contributed by atoms with E-state index in [1.807, 2.05) is 25.1 Å². The summed E-state index contributed by atoms with van der Waals surface area (Å²) in [4.78, 5) is 22.8. The first-order valence-electron chi connectivity index (χ1n) is 17.8. The highest BCUT2D eigenvalue weighted by molar-refractivity contribution is 7.53. The van der Waals surface area contributed by atoms with Crippen molar-refractivity contribution in [1.82, 2.24) is 19.4 Å². The van der Waals surface area contributed by atoms with Crippen LogP contribution in [0.3, 0.4) is 0 Å². The molecule has 2 aromatic heterocycles. The molecule has 0 spiro atoms. The minimum Gasteiger partial charge on any atom is -0.495 e. The summed E-state index contributed by atoms with van der Waals surface area (Å²) in [7, 11) is 3.49. The lowest BCUT2D eigenvalue weighted by Gasteiger charge is -2.28. The second-order valence-corrected chi connectivity index (χ2v) is 15.5. The number of carbonyl (C=O) groups excluding carboxylic acids is 1. The number of aromatic nitrogens is 3. The number of carbonyl (C=O) groups is 1. The molecule has 1 saturated carbocycles. The molecule has 4 aromatic rings. The molecule has 1 fully saturated rings. The van der Waals surface area contributed by atoms with E-state index < -0.39 is 25.2 Å². The highest BCUT2D eigenvalue weighted by Crippen LogP contribution is 2.52. The number of nitrogens with one attached hydrogen (secondary N) is 2. The molecule has 0 aliphatic heterocycles. The Morgan fingerprint density at radius 3 is 2.37 bits per heavy atom. The number of esters is 1. The number of methoxy groups -OCH3 is 1. The van der Waals surface area contributed by atoms with Crippen molar-refractivity contribution in [3.63, 3.8) is 0 Å². The first-order valence-corrected chi connectivity index (χ1v) is 19.5. The summed E-state index contributed by atoms with van der Waals surface area (Å²) >= 11 is 0. The van der Waals surface area contributed by atoms with Crippen LogP contribution in [0.4, 0.5) is 36.3 Å². The Kier molecular flexibility index (Phi) is 13.1. The van der Waals surface area contributed by atoms with Gasteiger partial charge in [0.1, 0.15) is 23.7 Å². The SMILES string of the molecule is CCOP(=O)(Cc1ccc(Nc2ncc(C(F)(F)F)c(Nc3ccc(C4CCC(C(=O)OCCN(C)C)CC4)c4cn(C)c(O)c34)n2)c(OC)c1)OCC. The maximum absolute atomic E-state index is 14.3. The minimum absolute atomic E-state index is 0.0110. The van der Waals surface area contributed by atoms with E-state index in [0.717, 1.165) is 5.56 Å². The van der Waals surface area contributed by atoms with Gasteiger partial charge in [-0.05, 0) is 88.9 Å². The molecule has 0 atom stereocenters. The van der Waals surface area contributed by atoms with Crippen molar-refractivity contribution < 1.29 is 46.2 Å². The second-order valence-electron chi connectivity index (χ2n) is 13.4. The van der Waals surface area contributed by atoms with Crippen LogP contribution in [0.1, 0.15) is 62.1 Å². The van der Waals surface area contributed by atoms with E-state index in [0.29, 0.717) is 72.8 Å². The zero-order chi connectivity index (χ0) is 39.2. The smallest absolute Gasteiger partial charge is 0.421 e. The summed E-state index contributed by atoms with van der Waals surface area (Å²) in [5.41, 5.74) is 0.983. The number of hydrogen-bond acceptors (Lipinski definition) is 12. The number of aryl methyl sites for hydroxylation is 1. The van der Waals surface area contributed by atoms with Crippen molar-refractivity contribution in [2.75, 3.05) is 58.2 Å². The summed E-state index contributed by atoms with van der Waals surface area (Å²) in [6.45, 7) is 4.82. The number of nitrogens with zero attached hydrogens (tertiary/aromatic N) is 4. The highest BCUT2D eigenvalue weighted by atomic mass is 31.2. The van der Waals surface area contributed by atoms with Crippen LogP contribution >= 0.6 is 7.60 Å². The number of benzene rings is 2. The van der Waals surface area contributed by atoms with E-state index in [2.05, 4.69) is 20.6 Å². The van der Waals surface area contributed by atoms with Crippen LogP contribution < -0.4 is 15.4 Å². The third-order valence-corrected chi connectivity index (χ3v) is 11.4. The Morgan fingerprint density at radius 1 is 1.06 bits per heavy atom.